The molecule has 0 aromatic carbocycles. The second-order valence-electron chi connectivity index (χ2n) is 9.47. The van der Waals surface area contributed by atoms with E-state index in [9.17, 15) is 0 Å². The number of likely N-dealkylation sites (N-methyl/N-ethyl adjacent to an activating group) is 1. The van der Waals surface area contributed by atoms with Crippen molar-refractivity contribution in [3.05, 3.63) is 29.1 Å². The smallest absolute Gasteiger partial charge is 0.0855 e. The van der Waals surface area contributed by atoms with E-state index in [2.05, 4.69) is 62.3 Å². The molecule has 1 aliphatic heterocycles. The molecule has 0 saturated carbocycles. The summed E-state index contributed by atoms with van der Waals surface area (Å²) in [6, 6.07) is 1.12. The van der Waals surface area contributed by atoms with Gasteiger partial charge in [0.15, 0.2) is 0 Å². The molecule has 3 aliphatic rings. The molecule has 2 N–H and O–H groups in total. The van der Waals surface area contributed by atoms with E-state index in [1.165, 1.54) is 29.8 Å². The van der Waals surface area contributed by atoms with Crippen LogP contribution in [0.2, 0.25) is 0 Å². The first-order valence-electron chi connectivity index (χ1n) is 9.46. The van der Waals surface area contributed by atoms with Gasteiger partial charge in [-0.25, -0.2) is 0 Å². The number of nitrogens with one attached hydrogen (secondary N) is 2. The number of aromatic nitrogens is 2. The van der Waals surface area contributed by atoms with Gasteiger partial charge in [0.25, 0.3) is 0 Å². The Hall–Kier alpha value is -1.13. The molecular weight excluding hydrogens is 296 g/mol. The molecule has 1 aromatic heterocycles. The Morgan fingerprint density at radius 1 is 1.21 bits per heavy atom. The quantitative estimate of drug-likeness (QED) is 0.820. The molecule has 2 aliphatic carbocycles. The van der Waals surface area contributed by atoms with E-state index in [0.717, 1.165) is 19.3 Å². The minimum atomic E-state index is 0.00639. The first kappa shape index (κ1) is 16.3. The zero-order chi connectivity index (χ0) is 17.1. The summed E-state index contributed by atoms with van der Waals surface area (Å²) in [6.45, 7) is 7.10. The lowest BCUT2D eigenvalue weighted by atomic mass is 9.74. The molecule has 1 aromatic rings. The van der Waals surface area contributed by atoms with Crippen LogP contribution in [0.5, 0.6) is 0 Å². The van der Waals surface area contributed by atoms with Crippen LogP contribution in [-0.2, 0) is 18.4 Å². The first-order valence-corrected chi connectivity index (χ1v) is 9.46. The Morgan fingerprint density at radius 3 is 2.75 bits per heavy atom. The van der Waals surface area contributed by atoms with Gasteiger partial charge in [-0.3, -0.25) is 5.10 Å². The van der Waals surface area contributed by atoms with Crippen LogP contribution in [0.4, 0.5) is 0 Å². The van der Waals surface area contributed by atoms with Gasteiger partial charge in [-0.2, -0.15) is 5.10 Å². The molecule has 1 saturated heterocycles. The summed E-state index contributed by atoms with van der Waals surface area (Å²) in [7, 11) is 4.35. The number of rotatable bonds is 2. The third kappa shape index (κ3) is 2.64. The monoisotopic (exact) mass is 328 g/mol. The Morgan fingerprint density at radius 2 is 2.00 bits per heavy atom. The fourth-order valence-corrected chi connectivity index (χ4v) is 5.09. The van der Waals surface area contributed by atoms with Crippen molar-refractivity contribution in [2.75, 3.05) is 14.1 Å². The molecule has 0 amide bonds. The fraction of sp³-hybridized carbons (Fsp3) is 0.750. The lowest BCUT2D eigenvalue weighted by Gasteiger charge is -2.32. The van der Waals surface area contributed by atoms with Crippen molar-refractivity contribution in [1.29, 1.82) is 0 Å². The van der Waals surface area contributed by atoms with Crippen molar-refractivity contribution in [3.8, 4) is 0 Å². The molecule has 2 heterocycles. The highest BCUT2D eigenvalue weighted by Crippen LogP contribution is 2.44. The largest absolute Gasteiger partial charge is 0.303 e. The number of fused-ring (bicyclic) bond motifs is 2. The van der Waals surface area contributed by atoms with E-state index in [1.54, 1.807) is 0 Å². The van der Waals surface area contributed by atoms with Gasteiger partial charge in [0.2, 0.25) is 0 Å². The normalized spacial score (nSPS) is 37.5. The zero-order valence-electron chi connectivity index (χ0n) is 15.8. The Balaban J connectivity index is 1.59. The Kier molecular flexibility index (Phi) is 3.70. The summed E-state index contributed by atoms with van der Waals surface area (Å²) in [5.41, 5.74) is 4.57. The van der Waals surface area contributed by atoms with Crippen molar-refractivity contribution in [2.24, 2.45) is 11.3 Å². The minimum absolute atomic E-state index is 0.00639. The maximum atomic E-state index is 4.81. The molecule has 3 unspecified atom stereocenters. The van der Waals surface area contributed by atoms with Crippen LogP contribution in [0.15, 0.2) is 12.2 Å². The predicted molar refractivity (Wildman–Crippen MR) is 98.0 cm³/mol. The highest BCUT2D eigenvalue weighted by Gasteiger charge is 2.46. The van der Waals surface area contributed by atoms with Crippen LogP contribution in [0.25, 0.3) is 0 Å². The molecule has 0 spiro atoms. The standard InChI is InChI=1S/C20H32N4/c1-19(2)9-8-15-17(12-19)22-23-18(15)20(3)11-13-6-7-14(24(4)5)10-16(13)21-20/h6-7,13-14,16,21H,8-12H2,1-5H3,(H,22,23)/t13?,14?,16?,20-/m1/s1. The Bertz CT molecular complexity index is 657. The van der Waals surface area contributed by atoms with Gasteiger partial charge >= 0.3 is 0 Å². The lowest BCUT2D eigenvalue weighted by molar-refractivity contribution is 0.273. The van der Waals surface area contributed by atoms with Crippen LogP contribution < -0.4 is 5.32 Å². The van der Waals surface area contributed by atoms with Gasteiger partial charge in [0.1, 0.15) is 0 Å². The van der Waals surface area contributed by atoms with Gasteiger partial charge in [0, 0.05) is 17.8 Å². The zero-order valence-corrected chi connectivity index (χ0v) is 15.8. The predicted octanol–water partition coefficient (Wildman–Crippen LogP) is 3.01. The maximum Gasteiger partial charge on any atom is 0.0855 e. The summed E-state index contributed by atoms with van der Waals surface area (Å²) >= 11 is 0. The molecule has 0 bridgehead atoms. The van der Waals surface area contributed by atoms with Crippen molar-refractivity contribution in [2.45, 2.75) is 70.5 Å². The molecule has 132 valence electrons. The molecule has 1 fully saturated rings. The Labute approximate surface area is 146 Å². The van der Waals surface area contributed by atoms with Crippen molar-refractivity contribution < 1.29 is 0 Å². The minimum Gasteiger partial charge on any atom is -0.303 e. The van der Waals surface area contributed by atoms with E-state index in [-0.39, 0.29) is 5.54 Å². The van der Waals surface area contributed by atoms with Crippen LogP contribution in [-0.4, -0.2) is 41.3 Å². The number of hydrogen-bond donors (Lipinski definition) is 2. The number of aromatic amines is 1. The molecule has 4 atom stereocenters. The van der Waals surface area contributed by atoms with E-state index in [1.807, 2.05) is 0 Å². The molecule has 24 heavy (non-hydrogen) atoms. The number of H-pyrrole nitrogens is 1. The van der Waals surface area contributed by atoms with Crippen LogP contribution in [0.1, 0.15) is 57.0 Å². The van der Waals surface area contributed by atoms with Crippen LogP contribution in [0.3, 0.4) is 0 Å². The molecule has 0 radical (unpaired) electrons. The van der Waals surface area contributed by atoms with Crippen LogP contribution in [0, 0.1) is 11.3 Å². The van der Waals surface area contributed by atoms with E-state index >= 15 is 0 Å². The van der Waals surface area contributed by atoms with Crippen molar-refractivity contribution in [3.63, 3.8) is 0 Å². The molecular formula is C20H32N4. The third-order valence-corrected chi connectivity index (χ3v) is 6.59. The summed E-state index contributed by atoms with van der Waals surface area (Å²) in [5.74, 6) is 0.638. The fourth-order valence-electron chi connectivity index (χ4n) is 5.09. The SMILES string of the molecule is CN(C)C1C=CC2C[C@](C)(c3n[nH]c4c3CCC(C)(C)C4)NC2C1. The highest BCUT2D eigenvalue weighted by atomic mass is 15.2. The number of hydrogen-bond acceptors (Lipinski definition) is 3. The molecule has 4 nitrogen and oxygen atoms in total. The van der Waals surface area contributed by atoms with Crippen molar-refractivity contribution in [1.82, 2.24) is 20.4 Å². The number of nitrogens with zero attached hydrogens (tertiary/aromatic N) is 2. The lowest BCUT2D eigenvalue weighted by Crippen LogP contribution is -2.43. The van der Waals surface area contributed by atoms with Gasteiger partial charge in [0.05, 0.1) is 11.2 Å². The van der Waals surface area contributed by atoms with Crippen LogP contribution >= 0.6 is 0 Å². The summed E-state index contributed by atoms with van der Waals surface area (Å²) in [5, 5.41) is 12.2. The van der Waals surface area contributed by atoms with Gasteiger partial charge in [-0.1, -0.05) is 26.0 Å². The second-order valence-corrected chi connectivity index (χ2v) is 9.47. The summed E-state index contributed by atoms with van der Waals surface area (Å²) in [4.78, 5) is 2.32. The topological polar surface area (TPSA) is 44.0 Å². The van der Waals surface area contributed by atoms with Crippen molar-refractivity contribution >= 4 is 0 Å². The van der Waals surface area contributed by atoms with Gasteiger partial charge in [-0.15, -0.1) is 0 Å². The molecule has 4 heteroatoms. The first-order chi connectivity index (χ1) is 11.3. The average Bonchev–Trinajstić information content (AvgIpc) is 3.05. The second kappa shape index (κ2) is 5.43. The summed E-state index contributed by atoms with van der Waals surface area (Å²) in [6.07, 6.45) is 10.8. The van der Waals surface area contributed by atoms with E-state index < -0.39 is 0 Å². The van der Waals surface area contributed by atoms with E-state index in [4.69, 9.17) is 5.10 Å². The van der Waals surface area contributed by atoms with E-state index in [0.29, 0.717) is 23.4 Å². The highest BCUT2D eigenvalue weighted by molar-refractivity contribution is 5.35. The van der Waals surface area contributed by atoms with Gasteiger partial charge in [-0.05, 0) is 70.0 Å². The summed E-state index contributed by atoms with van der Waals surface area (Å²) < 4.78 is 0. The average molecular weight is 329 g/mol. The van der Waals surface area contributed by atoms with Gasteiger partial charge < -0.3 is 10.2 Å². The third-order valence-electron chi connectivity index (χ3n) is 6.59. The maximum absolute atomic E-state index is 4.81. The molecule has 4 rings (SSSR count).